The molecule has 3 rings (SSSR count). The van der Waals surface area contributed by atoms with Gasteiger partial charge in [-0.15, -0.1) is 0 Å². The Hall–Kier alpha value is -2.75. The predicted octanol–water partition coefficient (Wildman–Crippen LogP) is 2.23. The highest BCUT2D eigenvalue weighted by Gasteiger charge is 2.24. The van der Waals surface area contributed by atoms with Crippen LogP contribution in [0.1, 0.15) is 22.0 Å². The third-order valence-electron chi connectivity index (χ3n) is 4.55. The number of nitro groups is 1. The van der Waals surface area contributed by atoms with E-state index in [1.807, 2.05) is 24.3 Å². The van der Waals surface area contributed by atoms with Crippen molar-refractivity contribution >= 4 is 29.0 Å². The van der Waals surface area contributed by atoms with Crippen LogP contribution >= 0.6 is 11.6 Å². The fourth-order valence-corrected chi connectivity index (χ4v) is 3.23. The van der Waals surface area contributed by atoms with E-state index >= 15 is 0 Å². The minimum absolute atomic E-state index is 0.0222. The van der Waals surface area contributed by atoms with Gasteiger partial charge in [0.2, 0.25) is 0 Å². The van der Waals surface area contributed by atoms with Gasteiger partial charge in [0.15, 0.2) is 0 Å². The maximum atomic E-state index is 11.7. The van der Waals surface area contributed by atoms with Crippen LogP contribution in [0.4, 0.5) is 11.5 Å². The first kappa shape index (κ1) is 20.0. The zero-order chi connectivity index (χ0) is 20.1. The summed E-state index contributed by atoms with van der Waals surface area (Å²) in [6.45, 7) is 3.20. The fraction of sp³-hybridized carbons (Fsp3) is 0.333. The highest BCUT2D eigenvalue weighted by molar-refractivity contribution is 6.30. The van der Waals surface area contributed by atoms with Crippen molar-refractivity contribution in [1.82, 2.24) is 9.88 Å². The summed E-state index contributed by atoms with van der Waals surface area (Å²) in [6, 6.07) is 8.64. The van der Waals surface area contributed by atoms with Crippen molar-refractivity contribution in [1.29, 1.82) is 0 Å². The van der Waals surface area contributed by atoms with Crippen molar-refractivity contribution < 1.29 is 14.5 Å². The molecule has 28 heavy (non-hydrogen) atoms. The van der Waals surface area contributed by atoms with Crippen LogP contribution in [-0.4, -0.2) is 53.6 Å². The average Bonchev–Trinajstić information content (AvgIpc) is 2.70. The molecule has 1 amide bonds. The van der Waals surface area contributed by atoms with Crippen LogP contribution in [0.5, 0.6) is 0 Å². The van der Waals surface area contributed by atoms with Gasteiger partial charge in [0.1, 0.15) is 12.0 Å². The van der Waals surface area contributed by atoms with Gasteiger partial charge in [-0.2, -0.15) is 0 Å². The fourth-order valence-electron chi connectivity index (χ4n) is 3.11. The molecule has 3 N–H and O–H groups in total. The van der Waals surface area contributed by atoms with Crippen LogP contribution in [0.25, 0.3) is 0 Å². The van der Waals surface area contributed by atoms with Crippen molar-refractivity contribution in [3.05, 3.63) is 62.8 Å². The Labute approximate surface area is 166 Å². The van der Waals surface area contributed by atoms with E-state index in [1.165, 1.54) is 0 Å². The summed E-state index contributed by atoms with van der Waals surface area (Å²) < 4.78 is 5.43. The molecule has 1 unspecified atom stereocenters. The van der Waals surface area contributed by atoms with Gasteiger partial charge in [-0.05, 0) is 17.7 Å². The molecule has 10 heteroatoms. The highest BCUT2D eigenvalue weighted by Crippen LogP contribution is 2.25. The lowest BCUT2D eigenvalue weighted by Gasteiger charge is -2.35. The topological polar surface area (TPSA) is 124 Å². The van der Waals surface area contributed by atoms with Crippen LogP contribution < -0.4 is 11.1 Å². The van der Waals surface area contributed by atoms with Gasteiger partial charge >= 0.3 is 0 Å². The second-order valence-electron chi connectivity index (χ2n) is 6.31. The second kappa shape index (κ2) is 8.96. The van der Waals surface area contributed by atoms with Crippen LogP contribution in [-0.2, 0) is 4.74 Å². The first-order valence-corrected chi connectivity index (χ1v) is 9.09. The maximum absolute atomic E-state index is 11.7. The van der Waals surface area contributed by atoms with Crippen molar-refractivity contribution in [3.63, 3.8) is 0 Å². The van der Waals surface area contributed by atoms with Gasteiger partial charge in [-0.1, -0.05) is 23.7 Å². The molecule has 0 aliphatic carbocycles. The first-order valence-electron chi connectivity index (χ1n) is 8.71. The molecule has 0 spiro atoms. The lowest BCUT2D eigenvalue weighted by Crippen LogP contribution is -2.41. The number of halogens is 1. The van der Waals surface area contributed by atoms with Gasteiger partial charge in [-0.25, -0.2) is 4.98 Å². The molecule has 1 aromatic carbocycles. The molecular formula is C18H20ClN5O4. The third-order valence-corrected chi connectivity index (χ3v) is 4.81. The molecule has 1 aliphatic heterocycles. The van der Waals surface area contributed by atoms with Crippen molar-refractivity contribution in [2.45, 2.75) is 6.04 Å². The summed E-state index contributed by atoms with van der Waals surface area (Å²) in [4.78, 5) is 28.3. The molecule has 1 aliphatic rings. The van der Waals surface area contributed by atoms with E-state index < -0.39 is 10.8 Å². The zero-order valence-corrected chi connectivity index (χ0v) is 15.8. The lowest BCUT2D eigenvalue weighted by molar-refractivity contribution is -0.385. The summed E-state index contributed by atoms with van der Waals surface area (Å²) in [7, 11) is 0. The first-order chi connectivity index (χ1) is 13.5. The minimum atomic E-state index is -0.784. The number of amides is 1. The molecule has 148 valence electrons. The van der Waals surface area contributed by atoms with Gasteiger partial charge in [0.25, 0.3) is 11.6 Å². The molecule has 0 bridgehead atoms. The van der Waals surface area contributed by atoms with E-state index in [2.05, 4.69) is 15.2 Å². The summed E-state index contributed by atoms with van der Waals surface area (Å²) in [6.07, 6.45) is 1.10. The Morgan fingerprint density at radius 2 is 2.04 bits per heavy atom. The van der Waals surface area contributed by atoms with E-state index in [4.69, 9.17) is 22.1 Å². The smallest absolute Gasteiger partial charge is 0.288 e. The number of carbonyl (C=O) groups excluding carboxylic acids is 1. The summed E-state index contributed by atoms with van der Waals surface area (Å²) in [5.41, 5.74) is 6.11. The van der Waals surface area contributed by atoms with Gasteiger partial charge in [-0.3, -0.25) is 19.8 Å². The molecule has 1 aromatic heterocycles. The summed E-state index contributed by atoms with van der Waals surface area (Å²) in [5, 5.41) is 14.7. The predicted molar refractivity (Wildman–Crippen MR) is 104 cm³/mol. The van der Waals surface area contributed by atoms with Gasteiger partial charge in [0, 0.05) is 30.7 Å². The number of carbonyl (C=O) groups is 1. The number of nitrogens with two attached hydrogens (primary N) is 1. The quantitative estimate of drug-likeness (QED) is 0.534. The molecule has 1 atom stereocenters. The Morgan fingerprint density at radius 3 is 2.64 bits per heavy atom. The molecular weight excluding hydrogens is 386 g/mol. The Kier molecular flexibility index (Phi) is 6.40. The number of anilines is 1. The monoisotopic (exact) mass is 405 g/mol. The number of nitrogens with one attached hydrogen (secondary N) is 1. The lowest BCUT2D eigenvalue weighted by atomic mass is 10.0. The number of hydrogen-bond acceptors (Lipinski definition) is 7. The van der Waals surface area contributed by atoms with Crippen LogP contribution in [0.3, 0.4) is 0 Å². The Morgan fingerprint density at radius 1 is 1.36 bits per heavy atom. The molecule has 0 saturated carbocycles. The number of pyridine rings is 1. The molecule has 1 fully saturated rings. The number of primary amides is 1. The standard InChI is InChI=1S/C18H20ClN5O4/c19-13-3-1-12(2-4-13)16(23-5-7-28-8-6-23)11-22-18-15(17(20)25)9-14(10-21-18)24(26)27/h1-4,9-10,16H,5-8,11H2,(H2,20,25)(H,21,22). The highest BCUT2D eigenvalue weighted by atomic mass is 35.5. The second-order valence-corrected chi connectivity index (χ2v) is 6.74. The average molecular weight is 406 g/mol. The maximum Gasteiger partial charge on any atom is 0.288 e. The molecule has 2 heterocycles. The number of hydrogen-bond donors (Lipinski definition) is 2. The minimum Gasteiger partial charge on any atom is -0.379 e. The number of nitrogens with zero attached hydrogens (tertiary/aromatic N) is 3. The normalized spacial score (nSPS) is 15.8. The SMILES string of the molecule is NC(=O)c1cc([N+](=O)[O-])cnc1NCC(c1ccc(Cl)cc1)N1CCOCC1. The third kappa shape index (κ3) is 4.75. The Bertz CT molecular complexity index is 856. The molecule has 1 saturated heterocycles. The van der Waals surface area contributed by atoms with E-state index in [0.717, 1.165) is 30.9 Å². The number of ether oxygens (including phenoxy) is 1. The van der Waals surface area contributed by atoms with Crippen molar-refractivity contribution in [2.75, 3.05) is 38.2 Å². The van der Waals surface area contributed by atoms with Crippen LogP contribution in [0, 0.1) is 10.1 Å². The van der Waals surface area contributed by atoms with Crippen molar-refractivity contribution in [3.8, 4) is 0 Å². The number of benzene rings is 1. The number of morpholine rings is 1. The van der Waals surface area contributed by atoms with E-state index in [9.17, 15) is 14.9 Å². The van der Waals surface area contributed by atoms with E-state index in [-0.39, 0.29) is 23.1 Å². The molecule has 9 nitrogen and oxygen atoms in total. The van der Waals surface area contributed by atoms with Gasteiger partial charge in [0.05, 0.1) is 29.7 Å². The zero-order valence-electron chi connectivity index (χ0n) is 15.0. The number of rotatable bonds is 7. The van der Waals surface area contributed by atoms with Crippen molar-refractivity contribution in [2.24, 2.45) is 5.73 Å². The summed E-state index contributed by atoms with van der Waals surface area (Å²) in [5.74, 6) is -0.571. The van der Waals surface area contributed by atoms with E-state index in [1.54, 1.807) is 0 Å². The van der Waals surface area contributed by atoms with E-state index in [0.29, 0.717) is 24.8 Å². The summed E-state index contributed by atoms with van der Waals surface area (Å²) >= 11 is 6.01. The van der Waals surface area contributed by atoms with Crippen LogP contribution in [0.2, 0.25) is 5.02 Å². The van der Waals surface area contributed by atoms with Crippen LogP contribution in [0.15, 0.2) is 36.5 Å². The molecule has 0 radical (unpaired) electrons. The largest absolute Gasteiger partial charge is 0.379 e. The molecule has 2 aromatic rings. The van der Waals surface area contributed by atoms with Gasteiger partial charge < -0.3 is 15.8 Å². The Balaban J connectivity index is 1.84. The number of aromatic nitrogens is 1.